The summed E-state index contributed by atoms with van der Waals surface area (Å²) in [5, 5.41) is 9.99. The van der Waals surface area contributed by atoms with Gasteiger partial charge < -0.3 is 0 Å². The molecule has 0 radical (unpaired) electrons. The lowest BCUT2D eigenvalue weighted by atomic mass is 10.2. The molecule has 0 bridgehead atoms. The molecule has 1 aromatic carbocycles. The predicted octanol–water partition coefficient (Wildman–Crippen LogP) is 5.70. The molecule has 0 saturated carbocycles. The third-order valence-corrected chi connectivity index (χ3v) is 5.75. The van der Waals surface area contributed by atoms with E-state index < -0.39 is 0 Å². The zero-order valence-electron chi connectivity index (χ0n) is 13.2. The van der Waals surface area contributed by atoms with Gasteiger partial charge in [-0.05, 0) is 49.1 Å². The highest BCUT2D eigenvalue weighted by molar-refractivity contribution is 7.11. The minimum atomic E-state index is 0.636. The highest BCUT2D eigenvalue weighted by Crippen LogP contribution is 2.31. The Balaban J connectivity index is 2.15. The van der Waals surface area contributed by atoms with Gasteiger partial charge in [-0.1, -0.05) is 23.2 Å². The highest BCUT2D eigenvalue weighted by atomic mass is 35.5. The molecule has 3 nitrogen and oxygen atoms in total. The third-order valence-electron chi connectivity index (χ3n) is 3.38. The molecule has 2 heterocycles. The number of halogens is 2. The van der Waals surface area contributed by atoms with E-state index in [0.29, 0.717) is 16.6 Å². The van der Waals surface area contributed by atoms with Crippen LogP contribution in [0.5, 0.6) is 0 Å². The Bertz CT molecular complexity index is 951. The third kappa shape index (κ3) is 3.64. The number of benzene rings is 1. The second-order valence-corrected chi connectivity index (χ2v) is 7.65. The number of nitrogens with zero attached hydrogens (tertiary/aromatic N) is 3. The predicted molar refractivity (Wildman–Crippen MR) is 106 cm³/mol. The fourth-order valence-corrected chi connectivity index (χ4v) is 4.22. The molecule has 24 heavy (non-hydrogen) atoms. The molecule has 0 amide bonds. The van der Waals surface area contributed by atoms with Gasteiger partial charge in [-0.2, -0.15) is 5.10 Å². The highest BCUT2D eigenvalue weighted by Gasteiger charge is 2.11. The molecule has 0 aliphatic heterocycles. The first-order valence-electron chi connectivity index (χ1n) is 7.35. The lowest BCUT2D eigenvalue weighted by molar-refractivity contribution is 0.833. The van der Waals surface area contributed by atoms with E-state index in [2.05, 4.69) is 28.5 Å². The van der Waals surface area contributed by atoms with E-state index in [4.69, 9.17) is 23.2 Å². The van der Waals surface area contributed by atoms with Crippen molar-refractivity contribution in [1.29, 1.82) is 0 Å². The van der Waals surface area contributed by atoms with E-state index in [1.54, 1.807) is 23.5 Å². The number of hydrogen-bond donors (Lipinski definition) is 0. The van der Waals surface area contributed by atoms with Crippen LogP contribution in [0.15, 0.2) is 45.1 Å². The van der Waals surface area contributed by atoms with E-state index in [-0.39, 0.29) is 0 Å². The molecule has 3 rings (SSSR count). The van der Waals surface area contributed by atoms with E-state index in [9.17, 15) is 0 Å². The van der Waals surface area contributed by atoms with Gasteiger partial charge in [-0.3, -0.25) is 4.99 Å². The lowest BCUT2D eigenvalue weighted by Gasteiger charge is -2.06. The second-order valence-electron chi connectivity index (χ2n) is 5.03. The molecule has 7 heteroatoms. The molecule has 0 aliphatic carbocycles. The SMILES string of the molecule is CCN=c1scc(-c2cc(Cl)ccc2Cl)n1N=Cc1sccc1C. The molecule has 0 spiro atoms. The monoisotopic (exact) mass is 395 g/mol. The van der Waals surface area contributed by atoms with Crippen LogP contribution in [-0.4, -0.2) is 17.4 Å². The van der Waals surface area contributed by atoms with Gasteiger partial charge in [0.15, 0.2) is 0 Å². The van der Waals surface area contributed by atoms with Crippen LogP contribution in [0.3, 0.4) is 0 Å². The number of hydrogen-bond acceptors (Lipinski definition) is 4. The zero-order chi connectivity index (χ0) is 17.1. The fourth-order valence-electron chi connectivity index (χ4n) is 2.16. The van der Waals surface area contributed by atoms with Gasteiger partial charge >= 0.3 is 0 Å². The summed E-state index contributed by atoms with van der Waals surface area (Å²) >= 11 is 15.7. The minimum Gasteiger partial charge on any atom is -0.258 e. The van der Waals surface area contributed by atoms with Crippen molar-refractivity contribution in [3.05, 3.63) is 60.3 Å². The van der Waals surface area contributed by atoms with Gasteiger partial charge in [-0.25, -0.2) is 4.68 Å². The molecular formula is C17H15Cl2N3S2. The number of rotatable bonds is 4. The van der Waals surface area contributed by atoms with Crippen LogP contribution in [0.1, 0.15) is 17.4 Å². The first kappa shape index (κ1) is 17.4. The summed E-state index contributed by atoms with van der Waals surface area (Å²) in [5.41, 5.74) is 2.93. The molecule has 0 unspecified atom stereocenters. The summed E-state index contributed by atoms with van der Waals surface area (Å²) < 4.78 is 1.82. The van der Waals surface area contributed by atoms with Gasteiger partial charge in [0.1, 0.15) is 0 Å². The molecule has 0 fully saturated rings. The van der Waals surface area contributed by atoms with E-state index in [0.717, 1.165) is 20.9 Å². The summed E-state index contributed by atoms with van der Waals surface area (Å²) in [7, 11) is 0. The Morgan fingerprint density at radius 1 is 1.21 bits per heavy atom. The van der Waals surface area contributed by atoms with Crippen molar-refractivity contribution >= 4 is 52.1 Å². The lowest BCUT2D eigenvalue weighted by Crippen LogP contribution is -2.12. The molecular weight excluding hydrogens is 381 g/mol. The van der Waals surface area contributed by atoms with Gasteiger partial charge in [-0.15, -0.1) is 22.7 Å². The van der Waals surface area contributed by atoms with Gasteiger partial charge in [0, 0.05) is 22.5 Å². The quantitative estimate of drug-likeness (QED) is 0.507. The fraction of sp³-hybridized carbons (Fsp3) is 0.176. The zero-order valence-corrected chi connectivity index (χ0v) is 16.3. The number of aryl methyl sites for hydroxylation is 1. The van der Waals surface area contributed by atoms with Crippen LogP contribution in [0.2, 0.25) is 10.0 Å². The van der Waals surface area contributed by atoms with E-state index >= 15 is 0 Å². The summed E-state index contributed by atoms with van der Waals surface area (Å²) in [6.45, 7) is 4.77. The summed E-state index contributed by atoms with van der Waals surface area (Å²) in [6.07, 6.45) is 1.86. The molecule has 0 atom stereocenters. The largest absolute Gasteiger partial charge is 0.258 e. The number of aromatic nitrogens is 1. The Morgan fingerprint density at radius 3 is 2.75 bits per heavy atom. The molecule has 0 saturated heterocycles. The normalized spacial score (nSPS) is 12.4. The standard InChI is InChI=1S/C17H15Cl2N3S2/c1-3-20-17-22(21-9-16-11(2)6-7-23-16)15(10-24-17)13-8-12(18)4-5-14(13)19/h4-10H,3H2,1-2H3. The summed E-state index contributed by atoms with van der Waals surface area (Å²) in [4.78, 5) is 6.47. The van der Waals surface area contributed by atoms with Crippen molar-refractivity contribution in [2.24, 2.45) is 10.1 Å². The topological polar surface area (TPSA) is 29.6 Å². The molecule has 3 aromatic rings. The van der Waals surface area contributed by atoms with Crippen LogP contribution < -0.4 is 4.80 Å². The Morgan fingerprint density at radius 2 is 2.04 bits per heavy atom. The van der Waals surface area contributed by atoms with Crippen molar-refractivity contribution in [3.63, 3.8) is 0 Å². The van der Waals surface area contributed by atoms with Crippen LogP contribution in [-0.2, 0) is 0 Å². The Hall–Kier alpha value is -1.40. The average molecular weight is 396 g/mol. The summed E-state index contributed by atoms with van der Waals surface area (Å²) in [6, 6.07) is 7.51. The van der Waals surface area contributed by atoms with Crippen LogP contribution in [0.25, 0.3) is 11.3 Å². The maximum Gasteiger partial charge on any atom is 0.206 e. The second kappa shape index (κ2) is 7.66. The summed E-state index contributed by atoms with van der Waals surface area (Å²) in [5.74, 6) is 0. The smallest absolute Gasteiger partial charge is 0.206 e. The Kier molecular flexibility index (Phi) is 5.56. The average Bonchev–Trinajstić information content (AvgIpc) is 3.14. The number of thiazole rings is 1. The van der Waals surface area contributed by atoms with Gasteiger partial charge in [0.05, 0.1) is 21.8 Å². The van der Waals surface area contributed by atoms with Crippen molar-refractivity contribution in [2.45, 2.75) is 13.8 Å². The molecule has 2 aromatic heterocycles. The van der Waals surface area contributed by atoms with Crippen LogP contribution in [0.4, 0.5) is 0 Å². The van der Waals surface area contributed by atoms with Gasteiger partial charge in [0.25, 0.3) is 0 Å². The van der Waals surface area contributed by atoms with Crippen LogP contribution in [0, 0.1) is 6.92 Å². The first-order chi connectivity index (χ1) is 11.6. The maximum atomic E-state index is 6.37. The van der Waals surface area contributed by atoms with Crippen molar-refractivity contribution in [1.82, 2.24) is 4.68 Å². The van der Waals surface area contributed by atoms with Crippen LogP contribution >= 0.6 is 45.9 Å². The van der Waals surface area contributed by atoms with Crippen molar-refractivity contribution < 1.29 is 0 Å². The van der Waals surface area contributed by atoms with Crippen molar-refractivity contribution in [2.75, 3.05) is 6.54 Å². The van der Waals surface area contributed by atoms with E-state index in [1.165, 1.54) is 16.9 Å². The minimum absolute atomic E-state index is 0.636. The first-order valence-corrected chi connectivity index (χ1v) is 9.86. The van der Waals surface area contributed by atoms with Crippen molar-refractivity contribution in [3.8, 4) is 11.3 Å². The maximum absolute atomic E-state index is 6.37. The molecule has 124 valence electrons. The van der Waals surface area contributed by atoms with Gasteiger partial charge in [0.2, 0.25) is 4.80 Å². The Labute approximate surface area is 158 Å². The molecule has 0 aliphatic rings. The molecule has 0 N–H and O–H groups in total. The van der Waals surface area contributed by atoms with E-state index in [1.807, 2.05) is 29.3 Å². The number of thiophene rings is 1.